The molecule has 1 aliphatic heterocycles. The lowest BCUT2D eigenvalue weighted by Gasteiger charge is -2.29. The van der Waals surface area contributed by atoms with E-state index in [0.29, 0.717) is 17.9 Å². The van der Waals surface area contributed by atoms with Crippen molar-refractivity contribution in [2.24, 2.45) is 5.73 Å². The van der Waals surface area contributed by atoms with Crippen LogP contribution in [0.25, 0.3) is 0 Å². The summed E-state index contributed by atoms with van der Waals surface area (Å²) in [5.41, 5.74) is 7.00. The highest BCUT2D eigenvalue weighted by atomic mass is 16.2. The van der Waals surface area contributed by atoms with Crippen LogP contribution in [0.5, 0.6) is 0 Å². The van der Waals surface area contributed by atoms with Crippen molar-refractivity contribution in [3.05, 3.63) is 24.3 Å². The molecule has 1 aliphatic rings. The SMILES string of the molecule is CCC(N)(CC)CNC(=O)CCC(=O)N1CC(=O)Nc2ccccc21. The molecule has 0 radical (unpaired) electrons. The number of rotatable bonds is 7. The number of hydrogen-bond donors (Lipinski definition) is 3. The van der Waals surface area contributed by atoms with Crippen molar-refractivity contribution in [2.45, 2.75) is 45.1 Å². The predicted octanol–water partition coefficient (Wildman–Crippen LogP) is 1.39. The van der Waals surface area contributed by atoms with Gasteiger partial charge >= 0.3 is 0 Å². The molecule has 7 nitrogen and oxygen atoms in total. The molecule has 2 rings (SSSR count). The summed E-state index contributed by atoms with van der Waals surface area (Å²) in [6, 6.07) is 7.12. The topological polar surface area (TPSA) is 105 Å². The monoisotopic (exact) mass is 346 g/mol. The predicted molar refractivity (Wildman–Crippen MR) is 97.2 cm³/mol. The number of amides is 3. The quantitative estimate of drug-likeness (QED) is 0.694. The summed E-state index contributed by atoms with van der Waals surface area (Å²) in [4.78, 5) is 37.7. The Hall–Kier alpha value is -2.41. The summed E-state index contributed by atoms with van der Waals surface area (Å²) in [7, 11) is 0. The summed E-state index contributed by atoms with van der Waals surface area (Å²) in [5, 5.41) is 5.53. The minimum atomic E-state index is -0.413. The minimum absolute atomic E-state index is 0.0327. The molecular formula is C18H26N4O3. The zero-order valence-electron chi connectivity index (χ0n) is 14.8. The van der Waals surface area contributed by atoms with Gasteiger partial charge in [0.2, 0.25) is 17.7 Å². The molecule has 1 aromatic carbocycles. The van der Waals surface area contributed by atoms with Gasteiger partial charge < -0.3 is 21.3 Å². The minimum Gasteiger partial charge on any atom is -0.354 e. The first-order valence-electron chi connectivity index (χ1n) is 8.63. The van der Waals surface area contributed by atoms with E-state index in [2.05, 4.69) is 10.6 Å². The first-order valence-corrected chi connectivity index (χ1v) is 8.63. The van der Waals surface area contributed by atoms with Crippen molar-refractivity contribution in [1.29, 1.82) is 0 Å². The average molecular weight is 346 g/mol. The van der Waals surface area contributed by atoms with E-state index in [1.54, 1.807) is 24.3 Å². The Morgan fingerprint density at radius 3 is 2.60 bits per heavy atom. The molecule has 0 aromatic heterocycles. The van der Waals surface area contributed by atoms with E-state index >= 15 is 0 Å². The lowest BCUT2D eigenvalue weighted by molar-refractivity contribution is -0.126. The van der Waals surface area contributed by atoms with Gasteiger partial charge in [-0.05, 0) is 25.0 Å². The number of nitrogens with zero attached hydrogens (tertiary/aromatic N) is 1. The Labute approximate surface area is 147 Å². The van der Waals surface area contributed by atoms with Crippen molar-refractivity contribution < 1.29 is 14.4 Å². The van der Waals surface area contributed by atoms with Gasteiger partial charge in [0.1, 0.15) is 6.54 Å². The standard InChI is InChI=1S/C18H26N4O3/c1-3-18(19,4-2)12-20-15(23)9-10-17(25)22-11-16(24)21-13-7-5-6-8-14(13)22/h5-8H,3-4,9-12,19H2,1-2H3,(H,20,23)(H,21,24). The van der Waals surface area contributed by atoms with E-state index in [-0.39, 0.29) is 37.1 Å². The molecule has 1 aromatic rings. The third kappa shape index (κ3) is 4.79. The van der Waals surface area contributed by atoms with E-state index in [4.69, 9.17) is 5.73 Å². The highest BCUT2D eigenvalue weighted by molar-refractivity contribution is 6.10. The van der Waals surface area contributed by atoms with Gasteiger partial charge in [0.15, 0.2) is 0 Å². The van der Waals surface area contributed by atoms with Crippen LogP contribution in [-0.2, 0) is 14.4 Å². The van der Waals surface area contributed by atoms with Gasteiger partial charge in [0.25, 0.3) is 0 Å². The Morgan fingerprint density at radius 1 is 1.24 bits per heavy atom. The number of para-hydroxylation sites is 2. The average Bonchev–Trinajstić information content (AvgIpc) is 2.63. The molecule has 0 unspecified atom stereocenters. The Balaban J connectivity index is 1.90. The maximum absolute atomic E-state index is 12.5. The number of carbonyl (C=O) groups is 3. The maximum atomic E-state index is 12.5. The summed E-state index contributed by atoms with van der Waals surface area (Å²) in [6.45, 7) is 4.33. The van der Waals surface area contributed by atoms with Crippen LogP contribution >= 0.6 is 0 Å². The third-order valence-electron chi connectivity index (χ3n) is 4.68. The molecule has 4 N–H and O–H groups in total. The van der Waals surface area contributed by atoms with Crippen molar-refractivity contribution in [3.63, 3.8) is 0 Å². The second-order valence-electron chi connectivity index (χ2n) is 6.39. The van der Waals surface area contributed by atoms with E-state index in [1.807, 2.05) is 13.8 Å². The maximum Gasteiger partial charge on any atom is 0.244 e. The molecule has 0 bridgehead atoms. The van der Waals surface area contributed by atoms with E-state index < -0.39 is 5.54 Å². The van der Waals surface area contributed by atoms with Gasteiger partial charge in [-0.3, -0.25) is 14.4 Å². The molecule has 0 atom stereocenters. The number of fused-ring (bicyclic) bond motifs is 1. The molecule has 0 spiro atoms. The van der Waals surface area contributed by atoms with E-state index in [1.165, 1.54) is 4.90 Å². The molecular weight excluding hydrogens is 320 g/mol. The molecule has 3 amide bonds. The fraction of sp³-hybridized carbons (Fsp3) is 0.500. The molecule has 7 heteroatoms. The fourth-order valence-electron chi connectivity index (χ4n) is 2.67. The van der Waals surface area contributed by atoms with Crippen molar-refractivity contribution in [2.75, 3.05) is 23.3 Å². The van der Waals surface area contributed by atoms with E-state index in [0.717, 1.165) is 12.8 Å². The highest BCUT2D eigenvalue weighted by Crippen LogP contribution is 2.29. The largest absolute Gasteiger partial charge is 0.354 e. The molecule has 25 heavy (non-hydrogen) atoms. The number of anilines is 2. The van der Waals surface area contributed by atoms with Gasteiger partial charge in [-0.2, -0.15) is 0 Å². The molecule has 136 valence electrons. The molecule has 1 heterocycles. The van der Waals surface area contributed by atoms with Crippen LogP contribution in [0.1, 0.15) is 39.5 Å². The van der Waals surface area contributed by atoms with Crippen molar-refractivity contribution >= 4 is 29.1 Å². The fourth-order valence-corrected chi connectivity index (χ4v) is 2.67. The normalized spacial score (nSPS) is 13.9. The lowest BCUT2D eigenvalue weighted by Crippen LogP contribution is -2.49. The van der Waals surface area contributed by atoms with Crippen LogP contribution in [-0.4, -0.2) is 36.3 Å². The Bertz CT molecular complexity index is 655. The van der Waals surface area contributed by atoms with Gasteiger partial charge in [0.05, 0.1) is 11.4 Å². The summed E-state index contributed by atoms with van der Waals surface area (Å²) in [5.74, 6) is -0.697. The first-order chi connectivity index (χ1) is 11.9. The third-order valence-corrected chi connectivity index (χ3v) is 4.68. The zero-order chi connectivity index (χ0) is 18.4. The van der Waals surface area contributed by atoms with Crippen molar-refractivity contribution in [3.8, 4) is 0 Å². The molecule has 0 saturated heterocycles. The van der Waals surface area contributed by atoms with Gasteiger partial charge in [0, 0.05) is 24.9 Å². The van der Waals surface area contributed by atoms with Gasteiger partial charge in [-0.25, -0.2) is 0 Å². The van der Waals surface area contributed by atoms with Crippen LogP contribution in [0.4, 0.5) is 11.4 Å². The van der Waals surface area contributed by atoms with Crippen LogP contribution in [0, 0.1) is 0 Å². The summed E-state index contributed by atoms with van der Waals surface area (Å²) in [6.07, 6.45) is 1.65. The summed E-state index contributed by atoms with van der Waals surface area (Å²) >= 11 is 0. The Morgan fingerprint density at radius 2 is 1.92 bits per heavy atom. The number of nitrogens with one attached hydrogen (secondary N) is 2. The number of benzene rings is 1. The zero-order valence-corrected chi connectivity index (χ0v) is 14.8. The highest BCUT2D eigenvalue weighted by Gasteiger charge is 2.27. The number of hydrogen-bond acceptors (Lipinski definition) is 4. The van der Waals surface area contributed by atoms with Crippen LogP contribution in [0.3, 0.4) is 0 Å². The number of carbonyl (C=O) groups excluding carboxylic acids is 3. The second kappa shape index (κ2) is 8.11. The van der Waals surface area contributed by atoms with Gasteiger partial charge in [-0.1, -0.05) is 26.0 Å². The van der Waals surface area contributed by atoms with Crippen LogP contribution < -0.4 is 21.3 Å². The number of nitrogens with two attached hydrogens (primary N) is 1. The van der Waals surface area contributed by atoms with Crippen LogP contribution in [0.2, 0.25) is 0 Å². The first kappa shape index (κ1) is 18.9. The molecule has 0 fully saturated rings. The van der Waals surface area contributed by atoms with Crippen LogP contribution in [0.15, 0.2) is 24.3 Å². The summed E-state index contributed by atoms with van der Waals surface area (Å²) < 4.78 is 0. The molecule has 0 aliphatic carbocycles. The Kier molecular flexibility index (Phi) is 6.14. The second-order valence-corrected chi connectivity index (χ2v) is 6.39. The van der Waals surface area contributed by atoms with Gasteiger partial charge in [-0.15, -0.1) is 0 Å². The van der Waals surface area contributed by atoms with E-state index in [9.17, 15) is 14.4 Å². The molecule has 0 saturated carbocycles. The smallest absolute Gasteiger partial charge is 0.244 e. The lowest BCUT2D eigenvalue weighted by atomic mass is 9.94. The van der Waals surface area contributed by atoms with Crippen molar-refractivity contribution in [1.82, 2.24) is 5.32 Å².